The molecular formula is C6H5Cl6N4P3. The van der Waals surface area contributed by atoms with E-state index in [1.807, 2.05) is 0 Å². The van der Waals surface area contributed by atoms with Crippen LogP contribution in [0.15, 0.2) is 37.8 Å². The van der Waals surface area contributed by atoms with Gasteiger partial charge in [-0.3, -0.25) is 0 Å². The molecule has 0 spiro atoms. The lowest BCUT2D eigenvalue weighted by Gasteiger charge is -2.22. The van der Waals surface area contributed by atoms with Gasteiger partial charge < -0.3 is 5.09 Å². The molecule has 1 aliphatic rings. The predicted molar refractivity (Wildman–Crippen MR) is 92.4 cm³/mol. The summed E-state index contributed by atoms with van der Waals surface area (Å²) in [5.74, 6) is -6.02. The Morgan fingerprint density at radius 2 is 1.32 bits per heavy atom. The van der Waals surface area contributed by atoms with E-state index in [4.69, 9.17) is 67.8 Å². The van der Waals surface area contributed by atoms with Gasteiger partial charge in [-0.2, -0.15) is 13.5 Å². The molecule has 0 fully saturated rings. The molecule has 1 heterocycles. The van der Waals surface area contributed by atoms with E-state index in [0.29, 0.717) is 10.7 Å². The average Bonchev–Trinajstić information content (AvgIpc) is 2.15. The van der Waals surface area contributed by atoms with Crippen LogP contribution in [0.3, 0.4) is 0 Å². The number of hydrogen-bond donors (Lipinski definition) is 1. The van der Waals surface area contributed by atoms with E-state index in [1.165, 1.54) is 0 Å². The molecule has 0 saturated carbocycles. The molecule has 1 aliphatic heterocycles. The molecule has 0 aliphatic carbocycles. The fourth-order valence-electron chi connectivity index (χ4n) is 1.20. The Morgan fingerprint density at radius 1 is 0.789 bits per heavy atom. The third kappa shape index (κ3) is 4.99. The molecule has 0 amide bonds. The molecule has 1 unspecified atom stereocenters. The van der Waals surface area contributed by atoms with Crippen molar-refractivity contribution in [3.05, 3.63) is 29.3 Å². The first-order valence-electron chi connectivity index (χ1n) is 4.53. The lowest BCUT2D eigenvalue weighted by atomic mass is 10.3. The molecule has 106 valence electrons. The zero-order valence-electron chi connectivity index (χ0n) is 8.76. The van der Waals surface area contributed by atoms with Crippen LogP contribution in [0, 0.1) is 0 Å². The highest BCUT2D eigenvalue weighted by Gasteiger charge is 2.32. The van der Waals surface area contributed by atoms with E-state index in [2.05, 4.69) is 18.6 Å². The molecule has 0 bridgehead atoms. The smallest absolute Gasteiger partial charge is 0.261 e. The molecule has 0 saturated heterocycles. The van der Waals surface area contributed by atoms with Gasteiger partial charge in [-0.1, -0.05) is 11.6 Å². The highest BCUT2D eigenvalue weighted by atomic mass is 35.9. The first kappa shape index (κ1) is 16.8. The predicted octanol–water partition coefficient (Wildman–Crippen LogP) is 8.80. The summed E-state index contributed by atoms with van der Waals surface area (Å²) in [4.78, 5) is 0. The molecule has 0 radical (unpaired) electrons. The lowest BCUT2D eigenvalue weighted by molar-refractivity contribution is 1.64. The third-order valence-corrected chi connectivity index (χ3v) is 14.3. The van der Waals surface area contributed by atoms with E-state index in [9.17, 15) is 0 Å². The summed E-state index contributed by atoms with van der Waals surface area (Å²) < 4.78 is 11.9. The molecule has 13 heteroatoms. The maximum atomic E-state index is 6.31. The van der Waals surface area contributed by atoms with Crippen LogP contribution in [0.5, 0.6) is 0 Å². The average molecular weight is 439 g/mol. The molecule has 1 aromatic carbocycles. The second-order valence-electron chi connectivity index (χ2n) is 3.32. The summed E-state index contributed by atoms with van der Waals surface area (Å²) in [5, 5.41) is 3.53. The summed E-state index contributed by atoms with van der Waals surface area (Å²) in [6.45, 7) is -2.94. The van der Waals surface area contributed by atoms with Crippen molar-refractivity contribution in [2.45, 2.75) is 0 Å². The second kappa shape index (κ2) is 5.92. The van der Waals surface area contributed by atoms with Crippen molar-refractivity contribution in [1.29, 1.82) is 0 Å². The van der Waals surface area contributed by atoms with E-state index in [0.717, 1.165) is 0 Å². The van der Waals surface area contributed by atoms with Crippen LogP contribution < -0.4 is 5.09 Å². The summed E-state index contributed by atoms with van der Waals surface area (Å²) in [5.41, 5.74) is 0.656. The van der Waals surface area contributed by atoms with Crippen molar-refractivity contribution in [2.75, 3.05) is 5.09 Å². The molecule has 0 aromatic heterocycles. The van der Waals surface area contributed by atoms with Crippen molar-refractivity contribution in [1.82, 2.24) is 0 Å². The monoisotopic (exact) mass is 436 g/mol. The van der Waals surface area contributed by atoms with Crippen LogP contribution in [-0.4, -0.2) is 0 Å². The highest BCUT2D eigenvalue weighted by molar-refractivity contribution is 8.22. The van der Waals surface area contributed by atoms with Gasteiger partial charge in [0.25, 0.3) is 18.5 Å². The van der Waals surface area contributed by atoms with Crippen LogP contribution in [0.1, 0.15) is 0 Å². The van der Waals surface area contributed by atoms with Crippen LogP contribution in [0.2, 0.25) is 5.02 Å². The number of nitrogens with zero attached hydrogens (tertiary/aromatic N) is 3. The van der Waals surface area contributed by atoms with Gasteiger partial charge in [-0.05, 0) is 80.5 Å². The molecule has 1 aromatic rings. The Hall–Kier alpha value is 1.45. The van der Waals surface area contributed by atoms with Crippen molar-refractivity contribution in [3.8, 4) is 0 Å². The molecule has 1 N–H and O–H groups in total. The van der Waals surface area contributed by atoms with Gasteiger partial charge in [0.2, 0.25) is 0 Å². The van der Waals surface area contributed by atoms with E-state index < -0.39 is 18.5 Å². The number of nitrogens with one attached hydrogen (secondary N) is 1. The third-order valence-electron chi connectivity index (χ3n) is 1.78. The van der Waals surface area contributed by atoms with Gasteiger partial charge in [0, 0.05) is 10.7 Å². The Labute approximate surface area is 139 Å². The van der Waals surface area contributed by atoms with Crippen molar-refractivity contribution >= 4 is 92.0 Å². The summed E-state index contributed by atoms with van der Waals surface area (Å²) in [6, 6.07) is 6.81. The van der Waals surface area contributed by atoms with Crippen molar-refractivity contribution in [3.63, 3.8) is 0 Å². The number of rotatable bonds is 2. The number of halogens is 6. The first-order chi connectivity index (χ1) is 8.59. The Morgan fingerprint density at radius 3 is 1.84 bits per heavy atom. The van der Waals surface area contributed by atoms with Gasteiger partial charge in [-0.25, -0.2) is 0 Å². The minimum Gasteiger partial charge on any atom is -0.323 e. The van der Waals surface area contributed by atoms with Gasteiger partial charge in [0.1, 0.15) is 0 Å². The molecule has 2 rings (SSSR count). The fourth-order valence-corrected chi connectivity index (χ4v) is 18.5. The molecule has 19 heavy (non-hydrogen) atoms. The maximum Gasteiger partial charge on any atom is 0.261 e. The summed E-state index contributed by atoms with van der Waals surface area (Å²) >= 11 is 35.9. The van der Waals surface area contributed by atoms with Gasteiger partial charge >= 0.3 is 0 Å². The van der Waals surface area contributed by atoms with Crippen LogP contribution >= 0.6 is 86.3 Å². The standard InChI is InChI=1S/C6H5Cl6N4P3/c7-5-1-3-6(4-2-5)13-19(12)15-17(8,9)14-18(10,11)16-19/h1-4,13H. The Bertz CT molecular complexity index is 651. The normalized spacial score (nSPS) is 27.7. The number of benzene rings is 1. The molecule has 1 atom stereocenters. The molecular weight excluding hydrogens is 434 g/mol. The zero-order valence-corrected chi connectivity index (χ0v) is 16.0. The van der Waals surface area contributed by atoms with E-state index in [1.54, 1.807) is 24.3 Å². The Balaban J connectivity index is 2.44. The quantitative estimate of drug-likeness (QED) is 0.461. The SMILES string of the molecule is Clc1ccc(NP2(Cl)=NP(Cl)(Cl)=NP(Cl)(Cl)=N2)cc1. The fraction of sp³-hybridized carbons (Fsp3) is 0. The maximum absolute atomic E-state index is 6.31. The highest BCUT2D eigenvalue weighted by Crippen LogP contribution is 2.86. The molecule has 4 nitrogen and oxygen atoms in total. The lowest BCUT2D eigenvalue weighted by Crippen LogP contribution is -1.90. The van der Waals surface area contributed by atoms with Crippen LogP contribution in [0.25, 0.3) is 0 Å². The summed E-state index contributed by atoms with van der Waals surface area (Å²) in [6.07, 6.45) is 0. The minimum absolute atomic E-state index is 0.591. The van der Waals surface area contributed by atoms with Gasteiger partial charge in [0.15, 0.2) is 0 Å². The van der Waals surface area contributed by atoms with E-state index >= 15 is 0 Å². The van der Waals surface area contributed by atoms with Gasteiger partial charge in [0.05, 0.1) is 0 Å². The van der Waals surface area contributed by atoms with Crippen LogP contribution in [0.4, 0.5) is 5.69 Å². The first-order valence-corrected chi connectivity index (χ1v) is 14.5. The number of hydrogen-bond acceptors (Lipinski definition) is 4. The zero-order chi connectivity index (χ0) is 14.3. The van der Waals surface area contributed by atoms with Crippen molar-refractivity contribution < 1.29 is 0 Å². The topological polar surface area (TPSA) is 49.1 Å². The second-order valence-corrected chi connectivity index (χ2v) is 17.1. The summed E-state index contributed by atoms with van der Waals surface area (Å²) in [7, 11) is 0. The number of anilines is 1. The van der Waals surface area contributed by atoms with Gasteiger partial charge in [-0.15, -0.1) is 0 Å². The van der Waals surface area contributed by atoms with Crippen LogP contribution in [-0.2, 0) is 0 Å². The minimum atomic E-state index is -3.01. The largest absolute Gasteiger partial charge is 0.323 e. The van der Waals surface area contributed by atoms with Crippen molar-refractivity contribution in [2.24, 2.45) is 13.5 Å². The van der Waals surface area contributed by atoms with E-state index in [-0.39, 0.29) is 0 Å². The Kier molecular flexibility index (Phi) is 5.24.